The monoisotopic (exact) mass is 182 g/mol. The van der Waals surface area contributed by atoms with Crippen molar-refractivity contribution in [2.45, 2.75) is 19.8 Å². The van der Waals surface area contributed by atoms with Crippen molar-refractivity contribution in [2.24, 2.45) is 0 Å². The summed E-state index contributed by atoms with van der Waals surface area (Å²) < 4.78 is 4.02. The summed E-state index contributed by atoms with van der Waals surface area (Å²) in [7, 11) is 0. The molecule has 1 heterocycles. The van der Waals surface area contributed by atoms with Gasteiger partial charge in [-0.15, -0.1) is 0 Å². The molecule has 12 heavy (non-hydrogen) atoms. The Morgan fingerprint density at radius 3 is 3.08 bits per heavy atom. The molecule has 0 saturated heterocycles. The second-order valence-corrected chi connectivity index (χ2v) is 3.09. The largest absolute Gasteiger partial charge is 0.360 e. The van der Waals surface area contributed by atoms with Crippen LogP contribution in [-0.4, -0.2) is 15.9 Å². The third-order valence-corrected chi connectivity index (χ3v) is 2.03. The molecule has 0 aliphatic rings. The third kappa shape index (κ3) is 2.84. The van der Waals surface area contributed by atoms with Crippen LogP contribution in [0.2, 0.25) is 0 Å². The fraction of sp³-hybridized carbons (Fsp3) is 0.571. The van der Waals surface area contributed by atoms with Crippen LogP contribution in [-0.2, 0) is 0 Å². The molecule has 0 amide bonds. The fourth-order valence-corrected chi connectivity index (χ4v) is 1.33. The van der Waals surface area contributed by atoms with E-state index in [9.17, 15) is 0 Å². The smallest absolute Gasteiger partial charge is 0.202 e. The zero-order valence-corrected chi connectivity index (χ0v) is 7.69. The number of rotatable bonds is 4. The number of hydrogen-bond acceptors (Lipinski definition) is 5. The fourth-order valence-electron chi connectivity index (χ4n) is 0.732. The Labute approximate surface area is 75.4 Å². The first kappa shape index (κ1) is 8.94. The molecule has 0 aliphatic heterocycles. The standard InChI is InChI=1S/C7H10N4S/c1-6-10-7(12-11-6)9-5-3-2-4-8/h2-3,5H2,1H3,(H,9,10,11). The zero-order valence-electron chi connectivity index (χ0n) is 6.87. The minimum Gasteiger partial charge on any atom is -0.360 e. The first-order valence-electron chi connectivity index (χ1n) is 3.74. The van der Waals surface area contributed by atoms with Gasteiger partial charge >= 0.3 is 0 Å². The lowest BCUT2D eigenvalue weighted by molar-refractivity contribution is 0.895. The van der Waals surface area contributed by atoms with Crippen molar-refractivity contribution in [3.63, 3.8) is 0 Å². The quantitative estimate of drug-likeness (QED) is 0.718. The molecule has 0 radical (unpaired) electrons. The molecular formula is C7H10N4S. The molecule has 0 saturated carbocycles. The number of unbranched alkanes of at least 4 members (excludes halogenated alkanes) is 1. The Balaban J connectivity index is 2.21. The number of aromatic nitrogens is 2. The van der Waals surface area contributed by atoms with E-state index in [2.05, 4.69) is 20.7 Å². The van der Waals surface area contributed by atoms with Gasteiger partial charge in [-0.3, -0.25) is 0 Å². The summed E-state index contributed by atoms with van der Waals surface area (Å²) in [5.41, 5.74) is 0. The van der Waals surface area contributed by atoms with Crippen LogP contribution in [0.15, 0.2) is 0 Å². The van der Waals surface area contributed by atoms with E-state index in [1.54, 1.807) is 0 Å². The first-order chi connectivity index (χ1) is 5.83. The molecule has 1 rings (SSSR count). The summed E-state index contributed by atoms with van der Waals surface area (Å²) in [5.74, 6) is 0.794. The van der Waals surface area contributed by atoms with Gasteiger partial charge in [0.2, 0.25) is 5.13 Å². The average molecular weight is 182 g/mol. The van der Waals surface area contributed by atoms with E-state index in [0.717, 1.165) is 23.9 Å². The summed E-state index contributed by atoms with van der Waals surface area (Å²) >= 11 is 1.35. The number of nitrogens with zero attached hydrogens (tertiary/aromatic N) is 3. The Morgan fingerprint density at radius 1 is 1.67 bits per heavy atom. The zero-order chi connectivity index (χ0) is 8.81. The summed E-state index contributed by atoms with van der Waals surface area (Å²) in [5, 5.41) is 12.2. The van der Waals surface area contributed by atoms with E-state index >= 15 is 0 Å². The Hall–Kier alpha value is -1.15. The highest BCUT2D eigenvalue weighted by atomic mass is 32.1. The van der Waals surface area contributed by atoms with Crippen LogP contribution >= 0.6 is 11.5 Å². The SMILES string of the molecule is Cc1nsc(NCCCC#N)n1. The predicted molar refractivity (Wildman–Crippen MR) is 48.0 cm³/mol. The molecule has 0 aromatic carbocycles. The molecule has 5 heteroatoms. The molecule has 0 fully saturated rings. The predicted octanol–water partition coefficient (Wildman–Crippen LogP) is 1.56. The Bertz CT molecular complexity index is 275. The van der Waals surface area contributed by atoms with Gasteiger partial charge in [0, 0.05) is 24.5 Å². The van der Waals surface area contributed by atoms with E-state index < -0.39 is 0 Å². The highest BCUT2D eigenvalue weighted by Crippen LogP contribution is 2.09. The second kappa shape index (κ2) is 4.67. The molecular weight excluding hydrogens is 172 g/mol. The maximum absolute atomic E-state index is 8.26. The van der Waals surface area contributed by atoms with Gasteiger partial charge in [-0.1, -0.05) is 0 Å². The lowest BCUT2D eigenvalue weighted by Crippen LogP contribution is -2.00. The second-order valence-electron chi connectivity index (χ2n) is 2.34. The third-order valence-electron chi connectivity index (χ3n) is 1.27. The van der Waals surface area contributed by atoms with Crippen molar-refractivity contribution in [1.29, 1.82) is 5.26 Å². The highest BCUT2D eigenvalue weighted by Gasteiger charge is 1.96. The van der Waals surface area contributed by atoms with Crippen molar-refractivity contribution in [2.75, 3.05) is 11.9 Å². The molecule has 1 aromatic rings. The van der Waals surface area contributed by atoms with Crippen molar-refractivity contribution in [3.05, 3.63) is 5.82 Å². The van der Waals surface area contributed by atoms with Gasteiger partial charge in [0.1, 0.15) is 5.82 Å². The lowest BCUT2D eigenvalue weighted by Gasteiger charge is -1.96. The summed E-state index contributed by atoms with van der Waals surface area (Å²) in [4.78, 5) is 4.12. The number of nitrogens with one attached hydrogen (secondary N) is 1. The van der Waals surface area contributed by atoms with Gasteiger partial charge in [-0.05, 0) is 13.3 Å². The molecule has 1 aromatic heterocycles. The molecule has 0 unspecified atom stereocenters. The Kier molecular flexibility index (Phi) is 3.48. The van der Waals surface area contributed by atoms with E-state index in [1.165, 1.54) is 11.5 Å². The minimum absolute atomic E-state index is 0.588. The van der Waals surface area contributed by atoms with Gasteiger partial charge < -0.3 is 5.32 Å². The molecule has 0 aliphatic carbocycles. The number of anilines is 1. The molecule has 1 N–H and O–H groups in total. The van der Waals surface area contributed by atoms with Crippen molar-refractivity contribution >= 4 is 16.7 Å². The first-order valence-corrected chi connectivity index (χ1v) is 4.51. The van der Waals surface area contributed by atoms with Gasteiger partial charge in [0.05, 0.1) is 6.07 Å². The van der Waals surface area contributed by atoms with Crippen LogP contribution in [0.5, 0.6) is 0 Å². The maximum Gasteiger partial charge on any atom is 0.202 e. The van der Waals surface area contributed by atoms with E-state index in [1.807, 2.05) is 6.92 Å². The van der Waals surface area contributed by atoms with Gasteiger partial charge in [-0.25, -0.2) is 4.98 Å². The van der Waals surface area contributed by atoms with E-state index in [4.69, 9.17) is 5.26 Å². The van der Waals surface area contributed by atoms with Crippen LogP contribution in [0, 0.1) is 18.3 Å². The molecule has 4 nitrogen and oxygen atoms in total. The summed E-state index contributed by atoms with van der Waals surface area (Å²) in [6.07, 6.45) is 1.44. The van der Waals surface area contributed by atoms with Crippen LogP contribution in [0.1, 0.15) is 18.7 Å². The molecule has 0 bridgehead atoms. The number of hydrogen-bond donors (Lipinski definition) is 1. The topological polar surface area (TPSA) is 61.6 Å². The van der Waals surface area contributed by atoms with Crippen molar-refractivity contribution < 1.29 is 0 Å². The van der Waals surface area contributed by atoms with Crippen LogP contribution in [0.4, 0.5) is 5.13 Å². The highest BCUT2D eigenvalue weighted by molar-refractivity contribution is 7.09. The number of nitriles is 1. The maximum atomic E-state index is 8.26. The lowest BCUT2D eigenvalue weighted by atomic mass is 10.3. The van der Waals surface area contributed by atoms with Gasteiger partial charge in [0.15, 0.2) is 0 Å². The van der Waals surface area contributed by atoms with E-state index in [-0.39, 0.29) is 0 Å². The minimum atomic E-state index is 0.588. The summed E-state index contributed by atoms with van der Waals surface area (Å²) in [6.45, 7) is 2.65. The summed E-state index contributed by atoms with van der Waals surface area (Å²) in [6, 6.07) is 2.09. The van der Waals surface area contributed by atoms with Crippen LogP contribution in [0.25, 0.3) is 0 Å². The molecule has 0 atom stereocenters. The molecule has 64 valence electrons. The van der Waals surface area contributed by atoms with Crippen LogP contribution in [0.3, 0.4) is 0 Å². The number of aryl methyl sites for hydroxylation is 1. The Morgan fingerprint density at radius 2 is 2.50 bits per heavy atom. The van der Waals surface area contributed by atoms with Gasteiger partial charge in [-0.2, -0.15) is 9.64 Å². The van der Waals surface area contributed by atoms with Gasteiger partial charge in [0.25, 0.3) is 0 Å². The van der Waals surface area contributed by atoms with E-state index in [0.29, 0.717) is 6.42 Å². The van der Waals surface area contributed by atoms with Crippen molar-refractivity contribution in [1.82, 2.24) is 9.36 Å². The molecule has 0 spiro atoms. The normalized spacial score (nSPS) is 9.33. The van der Waals surface area contributed by atoms with Crippen LogP contribution < -0.4 is 5.32 Å². The average Bonchev–Trinajstić information content (AvgIpc) is 2.45. The van der Waals surface area contributed by atoms with Crippen molar-refractivity contribution in [3.8, 4) is 6.07 Å².